The molecule has 6 unspecified atom stereocenters. The molecule has 6 atom stereocenters. The lowest BCUT2D eigenvalue weighted by Crippen LogP contribution is -2.43. The van der Waals surface area contributed by atoms with Crippen LogP contribution in [-0.2, 0) is 19.2 Å². The SMILES string of the molecule is COc1cccc(C2C3=CCC4C(=O)N(c5ccc(C)c(Cl)c5)C(=O)C4C3CC3C(=O)N(c4ccc(C)c(Cl)c4)C(=O)C32)c1O. The van der Waals surface area contributed by atoms with Crippen molar-refractivity contribution in [3.05, 3.63) is 93.0 Å². The van der Waals surface area contributed by atoms with Crippen LogP contribution in [0.25, 0.3) is 0 Å². The van der Waals surface area contributed by atoms with E-state index in [0.717, 1.165) is 16.7 Å². The number of aromatic hydroxyl groups is 1. The molecule has 2 heterocycles. The number of ether oxygens (including phenoxy) is 1. The number of hydrogen-bond acceptors (Lipinski definition) is 6. The normalized spacial score (nSPS) is 27.4. The Kier molecular flexibility index (Phi) is 7.06. The number of carbonyl (C=O) groups is 4. The average Bonchev–Trinajstić information content (AvgIpc) is 3.43. The van der Waals surface area contributed by atoms with E-state index in [2.05, 4.69) is 0 Å². The maximum Gasteiger partial charge on any atom is 0.238 e. The maximum absolute atomic E-state index is 14.3. The van der Waals surface area contributed by atoms with E-state index in [9.17, 15) is 24.3 Å². The van der Waals surface area contributed by atoms with Crippen molar-refractivity contribution >= 4 is 58.2 Å². The Hall–Kier alpha value is -4.14. The summed E-state index contributed by atoms with van der Waals surface area (Å²) in [6.07, 6.45) is 2.43. The van der Waals surface area contributed by atoms with Gasteiger partial charge in [0.05, 0.1) is 42.2 Å². The quantitative estimate of drug-likeness (QED) is 0.261. The van der Waals surface area contributed by atoms with Gasteiger partial charge in [-0.15, -0.1) is 0 Å². The van der Waals surface area contributed by atoms with Gasteiger partial charge in [-0.2, -0.15) is 0 Å². The van der Waals surface area contributed by atoms with Crippen molar-refractivity contribution in [2.75, 3.05) is 16.9 Å². The summed E-state index contributed by atoms with van der Waals surface area (Å²) in [5.74, 6) is -5.59. The van der Waals surface area contributed by atoms with Gasteiger partial charge in [0, 0.05) is 21.5 Å². The number of allylic oxidation sites excluding steroid dienone is 2. The summed E-state index contributed by atoms with van der Waals surface area (Å²) in [5, 5.41) is 12.2. The highest BCUT2D eigenvalue weighted by atomic mass is 35.5. The Labute approximate surface area is 270 Å². The molecular formula is C35H30Cl2N2O6. The van der Waals surface area contributed by atoms with E-state index < -0.39 is 47.3 Å². The molecule has 4 aliphatic rings. The van der Waals surface area contributed by atoms with Gasteiger partial charge >= 0.3 is 0 Å². The fraction of sp³-hybridized carbons (Fsp3) is 0.314. The first-order valence-electron chi connectivity index (χ1n) is 14.9. The van der Waals surface area contributed by atoms with Gasteiger partial charge in [-0.1, -0.05) is 59.1 Å². The van der Waals surface area contributed by atoms with Crippen molar-refractivity contribution in [3.63, 3.8) is 0 Å². The van der Waals surface area contributed by atoms with Gasteiger partial charge < -0.3 is 9.84 Å². The summed E-state index contributed by atoms with van der Waals surface area (Å²) >= 11 is 12.8. The lowest BCUT2D eigenvalue weighted by molar-refractivity contribution is -0.126. The van der Waals surface area contributed by atoms with Crippen LogP contribution in [-0.4, -0.2) is 35.8 Å². The van der Waals surface area contributed by atoms with Crippen LogP contribution in [0.15, 0.2) is 66.2 Å². The molecular weight excluding hydrogens is 615 g/mol. The molecule has 3 fully saturated rings. The molecule has 45 heavy (non-hydrogen) atoms. The molecule has 2 aliphatic heterocycles. The van der Waals surface area contributed by atoms with E-state index in [1.165, 1.54) is 16.9 Å². The number of phenols is 1. The minimum atomic E-state index is -0.839. The molecule has 3 aromatic rings. The molecule has 0 bridgehead atoms. The summed E-state index contributed by atoms with van der Waals surface area (Å²) in [6.45, 7) is 3.68. The number of nitrogens with zero attached hydrogens (tertiary/aromatic N) is 2. The summed E-state index contributed by atoms with van der Waals surface area (Å²) in [4.78, 5) is 58.8. The third kappa shape index (κ3) is 4.33. The van der Waals surface area contributed by atoms with Gasteiger partial charge in [-0.05, 0) is 74.1 Å². The van der Waals surface area contributed by atoms with Gasteiger partial charge in [0.1, 0.15) is 0 Å². The molecule has 4 amide bonds. The predicted molar refractivity (Wildman–Crippen MR) is 170 cm³/mol. The third-order valence-corrected chi connectivity index (χ3v) is 10.9. The summed E-state index contributed by atoms with van der Waals surface area (Å²) in [5.41, 5.74) is 3.61. The van der Waals surface area contributed by atoms with Crippen LogP contribution in [0.1, 0.15) is 35.4 Å². The zero-order chi connectivity index (χ0) is 31.9. The van der Waals surface area contributed by atoms with Gasteiger partial charge in [0.15, 0.2) is 11.5 Å². The standard InChI is InChI=1S/C35H30Cl2N2O6/c1-16-7-9-18(13-25(16)36)38-32(41)22-12-11-20-23(29(22)34(38)43)15-24-30(28(20)21-5-4-6-27(45-3)31(21)40)35(44)39(33(24)42)19-10-8-17(2)26(37)14-19/h4-11,13-14,22-24,28-30,40H,12,15H2,1-3H3. The zero-order valence-electron chi connectivity index (χ0n) is 24.8. The van der Waals surface area contributed by atoms with Crippen molar-refractivity contribution in [1.29, 1.82) is 0 Å². The molecule has 2 aliphatic carbocycles. The Morgan fingerprint density at radius 1 is 0.756 bits per heavy atom. The lowest BCUT2D eigenvalue weighted by atomic mass is 9.57. The van der Waals surface area contributed by atoms with Crippen molar-refractivity contribution in [2.45, 2.75) is 32.6 Å². The van der Waals surface area contributed by atoms with Gasteiger partial charge in [-0.25, -0.2) is 9.80 Å². The second-order valence-electron chi connectivity index (χ2n) is 12.3. The first-order valence-corrected chi connectivity index (χ1v) is 15.6. The van der Waals surface area contributed by atoms with Crippen molar-refractivity contribution < 1.29 is 29.0 Å². The molecule has 1 N–H and O–H groups in total. The molecule has 3 aromatic carbocycles. The van der Waals surface area contributed by atoms with E-state index in [4.69, 9.17) is 27.9 Å². The monoisotopic (exact) mass is 644 g/mol. The number of benzene rings is 3. The zero-order valence-corrected chi connectivity index (χ0v) is 26.3. The first kappa shape index (κ1) is 29.6. The van der Waals surface area contributed by atoms with Crippen LogP contribution < -0.4 is 14.5 Å². The van der Waals surface area contributed by atoms with Crippen LogP contribution in [0, 0.1) is 43.4 Å². The third-order valence-electron chi connectivity index (χ3n) is 10.1. The minimum Gasteiger partial charge on any atom is -0.504 e. The fourth-order valence-electron chi connectivity index (χ4n) is 7.84. The molecule has 1 saturated carbocycles. The Bertz CT molecular complexity index is 1850. The molecule has 0 spiro atoms. The molecule has 230 valence electrons. The minimum absolute atomic E-state index is 0.130. The summed E-state index contributed by atoms with van der Waals surface area (Å²) < 4.78 is 5.41. The second-order valence-corrected chi connectivity index (χ2v) is 13.1. The number of methoxy groups -OCH3 is 1. The number of phenolic OH excluding ortho intramolecular Hbond substituents is 1. The van der Waals surface area contributed by atoms with Gasteiger partial charge in [0.2, 0.25) is 23.6 Å². The van der Waals surface area contributed by atoms with E-state index >= 15 is 0 Å². The Morgan fingerprint density at radius 3 is 1.91 bits per heavy atom. The summed E-state index contributed by atoms with van der Waals surface area (Å²) in [6, 6.07) is 15.2. The highest BCUT2D eigenvalue weighted by Gasteiger charge is 2.62. The number of anilines is 2. The number of para-hydroxylation sites is 1. The smallest absolute Gasteiger partial charge is 0.238 e. The first-order chi connectivity index (χ1) is 21.5. The van der Waals surface area contributed by atoms with Gasteiger partial charge in [-0.3, -0.25) is 19.2 Å². The van der Waals surface area contributed by atoms with Gasteiger partial charge in [0.25, 0.3) is 0 Å². The van der Waals surface area contributed by atoms with E-state index in [-0.39, 0.29) is 36.2 Å². The largest absolute Gasteiger partial charge is 0.504 e. The Morgan fingerprint density at radius 2 is 1.33 bits per heavy atom. The number of aryl methyl sites for hydroxylation is 2. The topological polar surface area (TPSA) is 104 Å². The van der Waals surface area contributed by atoms with E-state index in [1.54, 1.807) is 54.6 Å². The van der Waals surface area contributed by atoms with E-state index in [1.807, 2.05) is 19.9 Å². The summed E-state index contributed by atoms with van der Waals surface area (Å²) in [7, 11) is 1.44. The van der Waals surface area contributed by atoms with Crippen molar-refractivity contribution in [2.24, 2.45) is 29.6 Å². The van der Waals surface area contributed by atoms with Crippen LogP contribution in [0.3, 0.4) is 0 Å². The predicted octanol–water partition coefficient (Wildman–Crippen LogP) is 6.37. The van der Waals surface area contributed by atoms with E-state index in [0.29, 0.717) is 27.0 Å². The van der Waals surface area contributed by atoms with Crippen molar-refractivity contribution in [1.82, 2.24) is 0 Å². The van der Waals surface area contributed by atoms with Crippen LogP contribution in [0.5, 0.6) is 11.5 Å². The van der Waals surface area contributed by atoms with Crippen LogP contribution >= 0.6 is 23.2 Å². The van der Waals surface area contributed by atoms with Crippen LogP contribution in [0.4, 0.5) is 11.4 Å². The number of carbonyl (C=O) groups excluding carboxylic acids is 4. The number of halogens is 2. The molecule has 2 saturated heterocycles. The highest BCUT2D eigenvalue weighted by Crippen LogP contribution is 2.60. The number of rotatable bonds is 4. The number of hydrogen-bond donors (Lipinski definition) is 1. The number of imide groups is 2. The molecule has 0 radical (unpaired) electrons. The van der Waals surface area contributed by atoms with Crippen LogP contribution in [0.2, 0.25) is 10.0 Å². The second kappa shape index (κ2) is 10.7. The maximum atomic E-state index is 14.3. The van der Waals surface area contributed by atoms with Crippen molar-refractivity contribution in [3.8, 4) is 11.5 Å². The molecule has 0 aromatic heterocycles. The highest BCUT2D eigenvalue weighted by molar-refractivity contribution is 6.33. The molecule has 7 rings (SSSR count). The average molecular weight is 646 g/mol. The number of fused-ring (bicyclic) bond motifs is 4. The fourth-order valence-corrected chi connectivity index (χ4v) is 8.19. The number of amides is 4. The Balaban J connectivity index is 1.35. The molecule has 8 nitrogen and oxygen atoms in total. The molecule has 10 heteroatoms. The lowest BCUT2D eigenvalue weighted by Gasteiger charge is -2.44.